The predicted octanol–water partition coefficient (Wildman–Crippen LogP) is 5.85. The van der Waals surface area contributed by atoms with Crippen LogP contribution in [0.2, 0.25) is 0 Å². The maximum absolute atomic E-state index is 14.0. The van der Waals surface area contributed by atoms with Crippen LogP contribution in [0.3, 0.4) is 0 Å². The number of sulfone groups is 1. The topological polar surface area (TPSA) is 125 Å². The average molecular weight is 600 g/mol. The van der Waals surface area contributed by atoms with Gasteiger partial charge in [-0.15, -0.1) is 0 Å². The smallest absolute Gasteiger partial charge is 0.410 e. The molecular formula is C29H28F3N5O4S. The average Bonchev–Trinajstić information content (AvgIpc) is 2.96. The van der Waals surface area contributed by atoms with Crippen LogP contribution in [0.15, 0.2) is 47.6 Å². The van der Waals surface area contributed by atoms with Gasteiger partial charge in [0, 0.05) is 42.3 Å². The van der Waals surface area contributed by atoms with E-state index in [1.165, 1.54) is 47.6 Å². The maximum Gasteiger partial charge on any atom is 0.410 e. The van der Waals surface area contributed by atoms with Crippen molar-refractivity contribution in [1.82, 2.24) is 14.9 Å². The molecule has 2 aromatic carbocycles. The standard InChI is InChI=1S/C29H28F3N5O4S/c1-29(2,3)41-28(38)37-12-10-23(11-13-37)42(39,40)22-8-6-21(7-9-22)36-27-34-16-18(17-35-27)4-5-19-14-20(15-33)25(31)26(32)24(19)30/h4-9,14,16-17,23H,10-13H2,1-3H3,(H,34,35,36)/b5-4+. The molecule has 0 saturated carbocycles. The van der Waals surface area contributed by atoms with E-state index in [2.05, 4.69) is 15.3 Å². The van der Waals surface area contributed by atoms with Gasteiger partial charge in [0.05, 0.1) is 15.7 Å². The van der Waals surface area contributed by atoms with Crippen LogP contribution in [-0.2, 0) is 14.6 Å². The highest BCUT2D eigenvalue weighted by molar-refractivity contribution is 7.92. The number of amides is 1. The number of halogens is 3. The summed E-state index contributed by atoms with van der Waals surface area (Å²) in [5, 5.41) is 11.2. The van der Waals surface area contributed by atoms with E-state index in [1.54, 1.807) is 32.9 Å². The van der Waals surface area contributed by atoms with E-state index in [1.807, 2.05) is 0 Å². The Kier molecular flexibility index (Phi) is 8.86. The van der Waals surface area contributed by atoms with Gasteiger partial charge in [0.1, 0.15) is 11.7 Å². The fourth-order valence-corrected chi connectivity index (χ4v) is 5.96. The Morgan fingerprint density at radius 3 is 2.24 bits per heavy atom. The molecule has 0 atom stereocenters. The molecule has 4 rings (SSSR count). The number of nitrogens with one attached hydrogen (secondary N) is 1. The van der Waals surface area contributed by atoms with E-state index < -0.39 is 49.8 Å². The summed E-state index contributed by atoms with van der Waals surface area (Å²) in [6.07, 6.45) is 5.50. The molecule has 0 aliphatic carbocycles. The molecule has 13 heteroatoms. The molecule has 1 saturated heterocycles. The first-order chi connectivity index (χ1) is 19.8. The third kappa shape index (κ3) is 7.06. The van der Waals surface area contributed by atoms with E-state index in [0.717, 1.165) is 6.07 Å². The largest absolute Gasteiger partial charge is 0.444 e. The number of nitrogens with zero attached hydrogens (tertiary/aromatic N) is 4. The predicted molar refractivity (Wildman–Crippen MR) is 150 cm³/mol. The lowest BCUT2D eigenvalue weighted by atomic mass is 10.1. The Balaban J connectivity index is 1.36. The van der Waals surface area contributed by atoms with E-state index in [-0.39, 0.29) is 29.5 Å². The minimum absolute atomic E-state index is 0.161. The van der Waals surface area contributed by atoms with Gasteiger partial charge >= 0.3 is 6.09 Å². The summed E-state index contributed by atoms with van der Waals surface area (Å²) >= 11 is 0. The van der Waals surface area contributed by atoms with Gasteiger partial charge in [0.25, 0.3) is 0 Å². The summed E-state index contributed by atoms with van der Waals surface area (Å²) in [7, 11) is -3.62. The number of carbonyl (C=O) groups is 1. The quantitative estimate of drug-likeness (QED) is 0.350. The van der Waals surface area contributed by atoms with E-state index >= 15 is 0 Å². The molecule has 1 fully saturated rings. The molecule has 0 bridgehead atoms. The van der Waals surface area contributed by atoms with Crippen LogP contribution in [0.25, 0.3) is 12.2 Å². The van der Waals surface area contributed by atoms with Crippen LogP contribution in [0.5, 0.6) is 0 Å². The lowest BCUT2D eigenvalue weighted by Crippen LogP contribution is -2.44. The third-order valence-corrected chi connectivity index (χ3v) is 8.67. The number of ether oxygens (including phenoxy) is 1. The summed E-state index contributed by atoms with van der Waals surface area (Å²) in [5.41, 5.74) is -0.604. The number of anilines is 2. The molecule has 0 unspecified atom stereocenters. The molecule has 3 aromatic rings. The second kappa shape index (κ2) is 12.2. The minimum atomic E-state index is -3.62. The van der Waals surface area contributed by atoms with Crippen molar-refractivity contribution in [3.63, 3.8) is 0 Å². The Bertz CT molecular complexity index is 1640. The molecule has 1 aromatic heterocycles. The lowest BCUT2D eigenvalue weighted by Gasteiger charge is -2.33. The summed E-state index contributed by atoms with van der Waals surface area (Å²) < 4.78 is 73.0. The van der Waals surface area contributed by atoms with Crippen molar-refractivity contribution in [3.8, 4) is 6.07 Å². The Morgan fingerprint density at radius 1 is 1.05 bits per heavy atom. The van der Waals surface area contributed by atoms with Crippen molar-refractivity contribution < 1.29 is 31.1 Å². The molecule has 0 spiro atoms. The highest BCUT2D eigenvalue weighted by Crippen LogP contribution is 2.27. The third-order valence-electron chi connectivity index (χ3n) is 6.39. The van der Waals surface area contributed by atoms with Crippen molar-refractivity contribution in [2.75, 3.05) is 18.4 Å². The van der Waals surface area contributed by atoms with Crippen molar-refractivity contribution in [2.24, 2.45) is 0 Å². The van der Waals surface area contributed by atoms with Crippen molar-refractivity contribution in [3.05, 3.63) is 76.9 Å². The molecule has 1 amide bonds. The number of piperidine rings is 1. The number of rotatable bonds is 6. The summed E-state index contributed by atoms with van der Waals surface area (Å²) in [6.45, 7) is 5.91. The molecule has 1 aliphatic rings. The minimum Gasteiger partial charge on any atom is -0.444 e. The molecular weight excluding hydrogens is 571 g/mol. The first kappa shape index (κ1) is 30.5. The Morgan fingerprint density at radius 2 is 1.67 bits per heavy atom. The lowest BCUT2D eigenvalue weighted by molar-refractivity contribution is 0.0217. The van der Waals surface area contributed by atoms with Crippen LogP contribution in [-0.4, -0.2) is 53.3 Å². The first-order valence-corrected chi connectivity index (χ1v) is 14.5. The fraction of sp³-hybridized carbons (Fsp3) is 0.310. The van der Waals surface area contributed by atoms with E-state index in [4.69, 9.17) is 10.00 Å². The number of benzene rings is 2. The van der Waals surface area contributed by atoms with Gasteiger partial charge in [-0.25, -0.2) is 36.4 Å². The first-order valence-electron chi connectivity index (χ1n) is 12.9. The summed E-state index contributed by atoms with van der Waals surface area (Å²) in [6, 6.07) is 8.51. The Hall–Kier alpha value is -4.44. The molecule has 2 heterocycles. The van der Waals surface area contributed by atoms with Gasteiger partial charge in [0.15, 0.2) is 27.3 Å². The highest BCUT2D eigenvalue weighted by Gasteiger charge is 2.34. The van der Waals surface area contributed by atoms with Crippen molar-refractivity contribution in [2.45, 2.75) is 49.4 Å². The number of aromatic nitrogens is 2. The number of likely N-dealkylation sites (tertiary alicyclic amines) is 1. The summed E-state index contributed by atoms with van der Waals surface area (Å²) in [5.74, 6) is -4.49. The maximum atomic E-state index is 14.0. The zero-order valence-electron chi connectivity index (χ0n) is 23.1. The molecule has 0 radical (unpaired) electrons. The van der Waals surface area contributed by atoms with Gasteiger partial charge in [-0.1, -0.05) is 12.2 Å². The normalized spacial score (nSPS) is 14.5. The van der Waals surface area contributed by atoms with E-state index in [0.29, 0.717) is 24.1 Å². The van der Waals surface area contributed by atoms with Crippen molar-refractivity contribution in [1.29, 1.82) is 5.26 Å². The van der Waals surface area contributed by atoms with Gasteiger partial charge in [0.2, 0.25) is 5.95 Å². The summed E-state index contributed by atoms with van der Waals surface area (Å²) in [4.78, 5) is 22.3. The number of carbonyl (C=O) groups excluding carboxylic acids is 1. The Labute approximate surface area is 241 Å². The molecule has 9 nitrogen and oxygen atoms in total. The van der Waals surface area contributed by atoms with E-state index in [9.17, 15) is 26.4 Å². The van der Waals surface area contributed by atoms with Gasteiger partial charge in [-0.3, -0.25) is 0 Å². The van der Waals surface area contributed by atoms with Gasteiger partial charge in [-0.2, -0.15) is 5.26 Å². The molecule has 1 N–H and O–H groups in total. The number of nitriles is 1. The zero-order valence-corrected chi connectivity index (χ0v) is 23.9. The van der Waals surface area contributed by atoms with Crippen LogP contribution in [0.4, 0.5) is 29.6 Å². The monoisotopic (exact) mass is 599 g/mol. The van der Waals surface area contributed by atoms with Crippen LogP contribution in [0.1, 0.15) is 50.3 Å². The zero-order chi connectivity index (χ0) is 30.7. The van der Waals surface area contributed by atoms with Crippen LogP contribution in [0, 0.1) is 28.8 Å². The molecule has 1 aliphatic heterocycles. The van der Waals surface area contributed by atoms with Crippen LogP contribution < -0.4 is 5.32 Å². The molecule has 42 heavy (non-hydrogen) atoms. The second-order valence-electron chi connectivity index (χ2n) is 10.6. The van der Waals surface area contributed by atoms with Gasteiger partial charge in [-0.05, 0) is 63.9 Å². The van der Waals surface area contributed by atoms with Gasteiger partial charge < -0.3 is 15.0 Å². The SMILES string of the molecule is CC(C)(C)OC(=O)N1CCC(S(=O)(=O)c2ccc(Nc3ncc(/C=C/c4cc(C#N)c(F)c(F)c4F)cn3)cc2)CC1. The number of hydrogen-bond donors (Lipinski definition) is 1. The highest BCUT2D eigenvalue weighted by atomic mass is 32.2. The molecule has 220 valence electrons. The second-order valence-corrected chi connectivity index (χ2v) is 12.8. The van der Waals surface area contributed by atoms with Crippen molar-refractivity contribution >= 4 is 39.7 Å². The van der Waals surface area contributed by atoms with Crippen LogP contribution >= 0.6 is 0 Å². The fourth-order valence-electron chi connectivity index (χ4n) is 4.23. The number of hydrogen-bond acceptors (Lipinski definition) is 8.